The van der Waals surface area contributed by atoms with E-state index in [2.05, 4.69) is 24.3 Å². The van der Waals surface area contributed by atoms with Crippen LogP contribution in [0.2, 0.25) is 0 Å². The van der Waals surface area contributed by atoms with Crippen molar-refractivity contribution in [2.75, 3.05) is 13.2 Å². The zero-order valence-electron chi connectivity index (χ0n) is 15.2. The van der Waals surface area contributed by atoms with Gasteiger partial charge in [0.1, 0.15) is 24.2 Å². The first-order valence-electron chi connectivity index (χ1n) is 9.25. The average molecular weight is 354 g/mol. The molecule has 0 aromatic heterocycles. The van der Waals surface area contributed by atoms with Crippen LogP contribution in [-0.2, 0) is 24.1 Å². The molecule has 0 spiro atoms. The smallest absolute Gasteiger partial charge is 0.167 e. The van der Waals surface area contributed by atoms with E-state index in [0.717, 1.165) is 41.9 Å². The van der Waals surface area contributed by atoms with Gasteiger partial charge in [0.2, 0.25) is 0 Å². The van der Waals surface area contributed by atoms with Crippen molar-refractivity contribution in [1.29, 1.82) is 0 Å². The zero-order chi connectivity index (χ0) is 18.4. The van der Waals surface area contributed by atoms with Crippen molar-refractivity contribution in [2.45, 2.75) is 45.1 Å². The number of ketones is 1. The fourth-order valence-electron chi connectivity index (χ4n) is 3.29. The van der Waals surface area contributed by atoms with Gasteiger partial charge < -0.3 is 14.6 Å². The molecular formula is C22H26O4. The normalized spacial score (nSPS) is 15.4. The molecule has 4 heteroatoms. The summed E-state index contributed by atoms with van der Waals surface area (Å²) < 4.78 is 11.8. The van der Waals surface area contributed by atoms with Crippen LogP contribution in [-0.4, -0.2) is 30.2 Å². The van der Waals surface area contributed by atoms with E-state index >= 15 is 0 Å². The number of Topliss-reactive ketones (excluding diaryl/α,β-unsaturated/α-hetero) is 1. The third-order valence-electron chi connectivity index (χ3n) is 4.62. The molecule has 3 rings (SSSR count). The number of aryl methyl sites for hydroxylation is 2. The third kappa shape index (κ3) is 4.85. The summed E-state index contributed by atoms with van der Waals surface area (Å²) in [5.74, 6) is 1.64. The van der Waals surface area contributed by atoms with E-state index < -0.39 is 0 Å². The number of rotatable bonds is 9. The van der Waals surface area contributed by atoms with Gasteiger partial charge in [-0.05, 0) is 55.9 Å². The number of benzene rings is 2. The van der Waals surface area contributed by atoms with Crippen molar-refractivity contribution in [3.63, 3.8) is 0 Å². The molecule has 1 aliphatic heterocycles. The molecule has 1 atom stereocenters. The maximum absolute atomic E-state index is 11.3. The first kappa shape index (κ1) is 18.5. The highest BCUT2D eigenvalue weighted by atomic mass is 16.5. The van der Waals surface area contributed by atoms with E-state index in [9.17, 15) is 4.79 Å². The molecule has 0 amide bonds. The lowest BCUT2D eigenvalue weighted by atomic mass is 10.0. The molecular weight excluding hydrogens is 328 g/mol. The monoisotopic (exact) mass is 354 g/mol. The number of fused-ring (bicyclic) bond motifs is 1. The van der Waals surface area contributed by atoms with Crippen LogP contribution in [0.5, 0.6) is 11.5 Å². The van der Waals surface area contributed by atoms with Crippen molar-refractivity contribution < 1.29 is 19.4 Å². The van der Waals surface area contributed by atoms with Gasteiger partial charge in [-0.15, -0.1) is 0 Å². The van der Waals surface area contributed by atoms with Crippen molar-refractivity contribution >= 4 is 5.78 Å². The van der Waals surface area contributed by atoms with Crippen LogP contribution >= 0.6 is 0 Å². The summed E-state index contributed by atoms with van der Waals surface area (Å²) in [5.41, 5.74) is 3.44. The Labute approximate surface area is 154 Å². The standard InChI is InChI=1S/C22H26O4/c1-16(24)15-25-21-14-19-12-20(10-9-17-6-3-2-4-7-17)26-22(19)13-18(21)8-5-11-23/h2-4,6-7,13-14,20,23H,5,8-12,15H2,1H3. The molecule has 138 valence electrons. The number of carbonyl (C=O) groups is 1. The molecule has 2 aromatic rings. The summed E-state index contributed by atoms with van der Waals surface area (Å²) in [7, 11) is 0. The molecule has 0 bridgehead atoms. The van der Waals surface area contributed by atoms with Crippen LogP contribution in [0.25, 0.3) is 0 Å². The molecule has 4 nitrogen and oxygen atoms in total. The van der Waals surface area contributed by atoms with Gasteiger partial charge in [-0.1, -0.05) is 30.3 Å². The topological polar surface area (TPSA) is 55.8 Å². The Kier molecular flexibility index (Phi) is 6.29. The number of aliphatic hydroxyl groups is 1. The van der Waals surface area contributed by atoms with Crippen LogP contribution in [0.4, 0.5) is 0 Å². The number of aliphatic hydroxyl groups excluding tert-OH is 1. The summed E-state index contributed by atoms with van der Waals surface area (Å²) in [6.07, 6.45) is 4.35. The number of hydrogen-bond acceptors (Lipinski definition) is 4. The Balaban J connectivity index is 1.68. The van der Waals surface area contributed by atoms with E-state index in [1.54, 1.807) is 0 Å². The predicted molar refractivity (Wildman–Crippen MR) is 101 cm³/mol. The molecule has 1 N–H and O–H groups in total. The average Bonchev–Trinajstić information content (AvgIpc) is 3.05. The number of hydrogen-bond donors (Lipinski definition) is 1. The highest BCUT2D eigenvalue weighted by Crippen LogP contribution is 2.36. The lowest BCUT2D eigenvalue weighted by Gasteiger charge is -2.13. The summed E-state index contributed by atoms with van der Waals surface area (Å²) in [6.45, 7) is 1.72. The van der Waals surface area contributed by atoms with Gasteiger partial charge in [0.25, 0.3) is 0 Å². The summed E-state index contributed by atoms with van der Waals surface area (Å²) >= 11 is 0. The lowest BCUT2D eigenvalue weighted by molar-refractivity contribution is -0.118. The van der Waals surface area contributed by atoms with E-state index in [1.165, 1.54) is 12.5 Å². The molecule has 0 saturated carbocycles. The maximum Gasteiger partial charge on any atom is 0.167 e. The quantitative estimate of drug-likeness (QED) is 0.749. The first-order chi connectivity index (χ1) is 12.7. The van der Waals surface area contributed by atoms with Crippen LogP contribution < -0.4 is 9.47 Å². The molecule has 0 radical (unpaired) electrons. The summed E-state index contributed by atoms with van der Waals surface area (Å²) in [5, 5.41) is 9.12. The Morgan fingerprint density at radius 2 is 2.04 bits per heavy atom. The van der Waals surface area contributed by atoms with E-state index in [4.69, 9.17) is 14.6 Å². The van der Waals surface area contributed by atoms with Gasteiger partial charge in [0.15, 0.2) is 5.78 Å². The minimum absolute atomic E-state index is 0.00408. The molecule has 26 heavy (non-hydrogen) atoms. The van der Waals surface area contributed by atoms with E-state index in [-0.39, 0.29) is 25.1 Å². The SMILES string of the molecule is CC(=O)COc1cc2c(cc1CCCO)OC(CCc1ccccc1)C2. The van der Waals surface area contributed by atoms with Gasteiger partial charge in [0, 0.05) is 18.6 Å². The minimum atomic E-state index is -0.00408. The van der Waals surface area contributed by atoms with Crippen LogP contribution in [0.15, 0.2) is 42.5 Å². The molecule has 2 aromatic carbocycles. The fraction of sp³-hybridized carbons (Fsp3) is 0.409. The second-order valence-corrected chi connectivity index (χ2v) is 6.85. The summed E-state index contributed by atoms with van der Waals surface area (Å²) in [4.78, 5) is 11.3. The highest BCUT2D eigenvalue weighted by molar-refractivity contribution is 5.77. The van der Waals surface area contributed by atoms with Gasteiger partial charge in [0.05, 0.1) is 0 Å². The Morgan fingerprint density at radius 3 is 2.77 bits per heavy atom. The van der Waals surface area contributed by atoms with Crippen molar-refractivity contribution in [2.24, 2.45) is 0 Å². The van der Waals surface area contributed by atoms with Gasteiger partial charge >= 0.3 is 0 Å². The Morgan fingerprint density at radius 1 is 1.23 bits per heavy atom. The predicted octanol–water partition coefficient (Wildman–Crippen LogP) is 3.52. The van der Waals surface area contributed by atoms with Crippen LogP contribution in [0.3, 0.4) is 0 Å². The molecule has 1 unspecified atom stereocenters. The largest absolute Gasteiger partial charge is 0.490 e. The molecule has 0 saturated heterocycles. The molecule has 0 fully saturated rings. The Hall–Kier alpha value is -2.33. The lowest BCUT2D eigenvalue weighted by Crippen LogP contribution is -2.13. The second kappa shape index (κ2) is 8.86. The third-order valence-corrected chi connectivity index (χ3v) is 4.62. The minimum Gasteiger partial charge on any atom is -0.490 e. The van der Waals surface area contributed by atoms with Crippen molar-refractivity contribution in [3.05, 3.63) is 59.2 Å². The molecule has 1 heterocycles. The highest BCUT2D eigenvalue weighted by Gasteiger charge is 2.25. The maximum atomic E-state index is 11.3. The zero-order valence-corrected chi connectivity index (χ0v) is 15.2. The van der Waals surface area contributed by atoms with Crippen LogP contribution in [0, 0.1) is 0 Å². The van der Waals surface area contributed by atoms with Gasteiger partial charge in [-0.25, -0.2) is 0 Å². The van der Waals surface area contributed by atoms with Gasteiger partial charge in [-0.3, -0.25) is 4.79 Å². The second-order valence-electron chi connectivity index (χ2n) is 6.85. The van der Waals surface area contributed by atoms with E-state index in [1.807, 2.05) is 18.2 Å². The van der Waals surface area contributed by atoms with Crippen LogP contribution in [0.1, 0.15) is 36.5 Å². The van der Waals surface area contributed by atoms with Crippen molar-refractivity contribution in [1.82, 2.24) is 0 Å². The Bertz CT molecular complexity index is 739. The van der Waals surface area contributed by atoms with Gasteiger partial charge in [-0.2, -0.15) is 0 Å². The fourth-order valence-corrected chi connectivity index (χ4v) is 3.29. The van der Waals surface area contributed by atoms with E-state index in [0.29, 0.717) is 12.8 Å². The number of carbonyl (C=O) groups excluding carboxylic acids is 1. The molecule has 1 aliphatic rings. The summed E-state index contributed by atoms with van der Waals surface area (Å²) in [6, 6.07) is 14.5. The number of ether oxygens (including phenoxy) is 2. The van der Waals surface area contributed by atoms with Crippen molar-refractivity contribution in [3.8, 4) is 11.5 Å². The molecule has 0 aliphatic carbocycles. The first-order valence-corrected chi connectivity index (χ1v) is 9.25.